The minimum atomic E-state index is -0.0250. The molecule has 154 valence electrons. The molecule has 4 rings (SSSR count). The normalized spacial score (nSPS) is 15.9. The van der Waals surface area contributed by atoms with Crippen molar-refractivity contribution in [2.75, 3.05) is 19.6 Å². The van der Waals surface area contributed by atoms with Crippen LogP contribution < -0.4 is 5.32 Å². The average Bonchev–Trinajstić information content (AvgIpc) is 3.17. The van der Waals surface area contributed by atoms with E-state index in [9.17, 15) is 4.79 Å². The van der Waals surface area contributed by atoms with Gasteiger partial charge in [0.1, 0.15) is 10.7 Å². The van der Waals surface area contributed by atoms with Crippen LogP contribution in [0, 0.1) is 0 Å². The van der Waals surface area contributed by atoms with Crippen LogP contribution in [0.25, 0.3) is 10.7 Å². The first-order chi connectivity index (χ1) is 13.2. The molecule has 0 saturated carbocycles. The molecule has 1 aliphatic rings. The van der Waals surface area contributed by atoms with Crippen LogP contribution in [0.1, 0.15) is 17.3 Å². The molecule has 0 aliphatic carbocycles. The largest absolute Gasteiger partial charge is 0.333 e. The second-order valence-corrected chi connectivity index (χ2v) is 7.57. The maximum atomic E-state index is 13.0. The van der Waals surface area contributed by atoms with Crippen molar-refractivity contribution in [3.63, 3.8) is 0 Å². The molecule has 1 amide bonds. The van der Waals surface area contributed by atoms with E-state index in [0.29, 0.717) is 18.1 Å². The molecule has 0 spiro atoms. The Morgan fingerprint density at radius 1 is 1.31 bits per heavy atom. The van der Waals surface area contributed by atoms with Crippen molar-refractivity contribution in [3.8, 4) is 10.7 Å². The fourth-order valence-electron chi connectivity index (χ4n) is 3.19. The van der Waals surface area contributed by atoms with Crippen LogP contribution in [0.4, 0.5) is 0 Å². The Balaban J connectivity index is 0.00000150. The molecule has 3 heterocycles. The molecule has 10 heteroatoms. The van der Waals surface area contributed by atoms with Gasteiger partial charge in [0.2, 0.25) is 5.91 Å². The Morgan fingerprint density at radius 2 is 2.17 bits per heavy atom. The molecule has 1 atom stereocenters. The number of rotatable bonds is 4. The van der Waals surface area contributed by atoms with Gasteiger partial charge in [-0.3, -0.25) is 14.8 Å². The number of piperazine rings is 1. The number of hydrogen-bond acceptors (Lipinski definition) is 6. The first-order valence-corrected chi connectivity index (χ1v) is 9.93. The van der Waals surface area contributed by atoms with E-state index in [4.69, 9.17) is 11.6 Å². The Labute approximate surface area is 190 Å². The standard InChI is InChI=1S/C19H18ClN5OS.2ClH/c20-14-3-1-2-13(8-14)17-11-22-6-7-25(17)18(26)9-15-12-27-19(24-15)16-10-21-4-5-23-16;;/h1-5,8,10,12,17,22H,6-7,9,11H2;2*1H. The number of carbonyl (C=O) groups excluding carboxylic acids is 1. The molecule has 0 radical (unpaired) electrons. The van der Waals surface area contributed by atoms with E-state index < -0.39 is 0 Å². The Kier molecular flexibility index (Phi) is 8.79. The van der Waals surface area contributed by atoms with Crippen LogP contribution >= 0.6 is 47.8 Å². The number of thiazole rings is 1. The van der Waals surface area contributed by atoms with Gasteiger partial charge in [-0.15, -0.1) is 36.2 Å². The molecule has 0 bridgehead atoms. The van der Waals surface area contributed by atoms with Gasteiger partial charge in [-0.2, -0.15) is 0 Å². The van der Waals surface area contributed by atoms with Crippen LogP contribution in [0.5, 0.6) is 0 Å². The van der Waals surface area contributed by atoms with Crippen molar-refractivity contribution in [2.45, 2.75) is 12.5 Å². The predicted molar refractivity (Wildman–Crippen MR) is 120 cm³/mol. The third kappa shape index (κ3) is 5.65. The predicted octanol–water partition coefficient (Wildman–Crippen LogP) is 3.81. The molecular formula is C19H20Cl3N5OS. The number of nitrogens with one attached hydrogen (secondary N) is 1. The summed E-state index contributed by atoms with van der Waals surface area (Å²) in [5.41, 5.74) is 2.52. The molecule has 1 aromatic carbocycles. The molecule has 3 aromatic rings. The lowest BCUT2D eigenvalue weighted by Gasteiger charge is -2.36. The number of aromatic nitrogens is 3. The number of benzene rings is 1. The number of amides is 1. The highest BCUT2D eigenvalue weighted by atomic mass is 35.5. The number of hydrogen-bond donors (Lipinski definition) is 1. The van der Waals surface area contributed by atoms with Crippen LogP contribution in [0.2, 0.25) is 5.02 Å². The van der Waals surface area contributed by atoms with Crippen molar-refractivity contribution < 1.29 is 4.79 Å². The lowest BCUT2D eigenvalue weighted by atomic mass is 10.0. The zero-order chi connectivity index (χ0) is 18.6. The van der Waals surface area contributed by atoms with Gasteiger partial charge in [-0.25, -0.2) is 4.98 Å². The molecule has 1 aliphatic heterocycles. The maximum Gasteiger partial charge on any atom is 0.229 e. The number of halogens is 3. The van der Waals surface area contributed by atoms with E-state index in [2.05, 4.69) is 20.3 Å². The SMILES string of the molecule is Cl.Cl.O=C(Cc1csc(-c2cnccn2)n1)N1CCNCC1c1cccc(Cl)c1. The number of nitrogens with zero attached hydrogens (tertiary/aromatic N) is 4. The monoisotopic (exact) mass is 471 g/mol. The van der Waals surface area contributed by atoms with Gasteiger partial charge in [0, 0.05) is 42.4 Å². The van der Waals surface area contributed by atoms with Gasteiger partial charge in [0.05, 0.1) is 24.4 Å². The van der Waals surface area contributed by atoms with Gasteiger partial charge in [-0.1, -0.05) is 23.7 Å². The van der Waals surface area contributed by atoms with Crippen molar-refractivity contribution >= 4 is 53.7 Å². The highest BCUT2D eigenvalue weighted by Gasteiger charge is 2.28. The van der Waals surface area contributed by atoms with Crippen molar-refractivity contribution in [1.82, 2.24) is 25.2 Å². The average molecular weight is 473 g/mol. The van der Waals surface area contributed by atoms with Crippen LogP contribution in [-0.2, 0) is 11.2 Å². The van der Waals surface area contributed by atoms with E-state index in [1.165, 1.54) is 11.3 Å². The summed E-state index contributed by atoms with van der Waals surface area (Å²) >= 11 is 7.61. The fourth-order valence-corrected chi connectivity index (χ4v) is 4.16. The van der Waals surface area contributed by atoms with E-state index >= 15 is 0 Å². The zero-order valence-corrected chi connectivity index (χ0v) is 18.5. The molecule has 6 nitrogen and oxygen atoms in total. The molecule has 2 aromatic heterocycles. The van der Waals surface area contributed by atoms with Crippen LogP contribution in [0.15, 0.2) is 48.2 Å². The van der Waals surface area contributed by atoms with E-state index in [-0.39, 0.29) is 43.2 Å². The lowest BCUT2D eigenvalue weighted by Crippen LogP contribution is -2.49. The van der Waals surface area contributed by atoms with Gasteiger partial charge in [0.15, 0.2) is 0 Å². The summed E-state index contributed by atoms with van der Waals surface area (Å²) in [5, 5.41) is 6.73. The highest BCUT2D eigenvalue weighted by molar-refractivity contribution is 7.13. The first kappa shape index (κ1) is 23.5. The summed E-state index contributed by atoms with van der Waals surface area (Å²) in [7, 11) is 0. The first-order valence-electron chi connectivity index (χ1n) is 8.67. The molecule has 29 heavy (non-hydrogen) atoms. The van der Waals surface area contributed by atoms with E-state index in [0.717, 1.165) is 28.5 Å². The highest BCUT2D eigenvalue weighted by Crippen LogP contribution is 2.26. The Morgan fingerprint density at radius 3 is 2.93 bits per heavy atom. The fraction of sp³-hybridized carbons (Fsp3) is 0.263. The molecular weight excluding hydrogens is 453 g/mol. The molecule has 1 unspecified atom stereocenters. The summed E-state index contributed by atoms with van der Waals surface area (Å²) < 4.78 is 0. The second-order valence-electron chi connectivity index (χ2n) is 6.27. The minimum Gasteiger partial charge on any atom is -0.333 e. The summed E-state index contributed by atoms with van der Waals surface area (Å²) in [4.78, 5) is 27.8. The minimum absolute atomic E-state index is 0. The summed E-state index contributed by atoms with van der Waals surface area (Å²) in [6.45, 7) is 2.16. The summed E-state index contributed by atoms with van der Waals surface area (Å²) in [6, 6.07) is 7.68. The third-order valence-electron chi connectivity index (χ3n) is 4.46. The van der Waals surface area contributed by atoms with Crippen molar-refractivity contribution in [3.05, 3.63) is 64.5 Å². The zero-order valence-electron chi connectivity index (χ0n) is 15.3. The van der Waals surface area contributed by atoms with Crippen LogP contribution in [-0.4, -0.2) is 45.4 Å². The molecule has 1 N–H and O–H groups in total. The third-order valence-corrected chi connectivity index (χ3v) is 5.61. The van der Waals surface area contributed by atoms with Gasteiger partial charge >= 0.3 is 0 Å². The molecule has 1 saturated heterocycles. The Hall–Kier alpha value is -1.77. The summed E-state index contributed by atoms with van der Waals surface area (Å²) in [6.07, 6.45) is 5.21. The van der Waals surface area contributed by atoms with Crippen molar-refractivity contribution in [2.24, 2.45) is 0 Å². The molecule has 1 fully saturated rings. The van der Waals surface area contributed by atoms with Gasteiger partial charge in [0.25, 0.3) is 0 Å². The maximum absolute atomic E-state index is 13.0. The van der Waals surface area contributed by atoms with Gasteiger partial charge < -0.3 is 10.2 Å². The van der Waals surface area contributed by atoms with E-state index in [1.807, 2.05) is 34.5 Å². The Bertz CT molecular complexity index is 940. The smallest absolute Gasteiger partial charge is 0.229 e. The second kappa shape index (κ2) is 10.8. The lowest BCUT2D eigenvalue weighted by molar-refractivity contribution is -0.133. The van der Waals surface area contributed by atoms with E-state index in [1.54, 1.807) is 18.6 Å². The summed E-state index contributed by atoms with van der Waals surface area (Å²) in [5.74, 6) is 0.0671. The van der Waals surface area contributed by atoms with Crippen LogP contribution in [0.3, 0.4) is 0 Å². The van der Waals surface area contributed by atoms with Crippen molar-refractivity contribution in [1.29, 1.82) is 0 Å². The van der Waals surface area contributed by atoms with Gasteiger partial charge in [-0.05, 0) is 17.7 Å². The topological polar surface area (TPSA) is 71.0 Å². The quantitative estimate of drug-likeness (QED) is 0.625. The number of carbonyl (C=O) groups is 1.